The van der Waals surface area contributed by atoms with Crippen LogP contribution in [0.4, 0.5) is 0 Å². The Morgan fingerprint density at radius 3 is 2.43 bits per heavy atom. The van der Waals surface area contributed by atoms with Crippen molar-refractivity contribution in [3.05, 3.63) is 35.5 Å². The van der Waals surface area contributed by atoms with Gasteiger partial charge >= 0.3 is 0 Å². The Kier molecular flexibility index (Phi) is 4.47. The Hall–Kier alpha value is -1.96. The van der Waals surface area contributed by atoms with Gasteiger partial charge in [0, 0.05) is 35.7 Å². The number of hydrogen-bond acceptors (Lipinski definition) is 7. The van der Waals surface area contributed by atoms with E-state index < -0.39 is 45.4 Å². The maximum Gasteiger partial charge on any atom is 0.206 e. The average Bonchev–Trinajstić information content (AvgIpc) is 3.16. The van der Waals surface area contributed by atoms with Crippen LogP contribution in [0.5, 0.6) is 0 Å². The van der Waals surface area contributed by atoms with Crippen LogP contribution >= 0.6 is 0 Å². The molecule has 4 fully saturated rings. The molecule has 35 heavy (non-hydrogen) atoms. The number of carbonyl (C=O) groups is 2. The van der Waals surface area contributed by atoms with Gasteiger partial charge in [-0.25, -0.2) is 0 Å². The number of carbonyl (C=O) groups excluding carboxylic acids is 2. The zero-order valence-electron chi connectivity index (χ0n) is 21.6. The van der Waals surface area contributed by atoms with Crippen molar-refractivity contribution in [2.75, 3.05) is 14.2 Å². The Labute approximate surface area is 206 Å². The van der Waals surface area contributed by atoms with Gasteiger partial charge in [0.25, 0.3) is 0 Å². The summed E-state index contributed by atoms with van der Waals surface area (Å²) in [6, 6.07) is 1.98. The summed E-state index contributed by atoms with van der Waals surface area (Å²) in [7, 11) is 3.11. The lowest BCUT2D eigenvalue weighted by atomic mass is 9.37. The third kappa shape index (κ3) is 2.26. The largest absolute Gasteiger partial charge is 0.493 e. The molecule has 0 amide bonds. The number of allylic oxidation sites excluding steroid dienone is 1. The lowest BCUT2D eigenvalue weighted by molar-refractivity contribution is -0.211. The zero-order chi connectivity index (χ0) is 25.3. The summed E-state index contributed by atoms with van der Waals surface area (Å²) in [6.45, 7) is 9.91. The molecule has 6 rings (SSSR count). The number of rotatable bonds is 3. The van der Waals surface area contributed by atoms with Gasteiger partial charge in [0.05, 0.1) is 43.4 Å². The highest BCUT2D eigenvalue weighted by Crippen LogP contribution is 2.81. The van der Waals surface area contributed by atoms with Crippen LogP contribution in [0.15, 0.2) is 34.3 Å². The van der Waals surface area contributed by atoms with Gasteiger partial charge < -0.3 is 23.7 Å². The van der Waals surface area contributed by atoms with Crippen molar-refractivity contribution in [1.82, 2.24) is 0 Å². The molecule has 3 saturated carbocycles. The number of epoxide rings is 1. The predicted octanol–water partition coefficient (Wildman–Crippen LogP) is 3.80. The smallest absolute Gasteiger partial charge is 0.206 e. The number of hydrogen-bond donors (Lipinski definition) is 1. The second kappa shape index (κ2) is 6.67. The molecule has 190 valence electrons. The summed E-state index contributed by atoms with van der Waals surface area (Å²) in [5, 5.41) is 12.0. The first-order valence-corrected chi connectivity index (χ1v) is 12.7. The molecule has 1 unspecified atom stereocenters. The predicted molar refractivity (Wildman–Crippen MR) is 125 cm³/mol. The van der Waals surface area contributed by atoms with E-state index in [1.807, 2.05) is 26.8 Å². The quantitative estimate of drug-likeness (QED) is 0.652. The van der Waals surface area contributed by atoms with Gasteiger partial charge in [-0.15, -0.1) is 0 Å². The molecule has 2 heterocycles. The van der Waals surface area contributed by atoms with Crippen molar-refractivity contribution in [2.24, 2.45) is 27.6 Å². The molecule has 1 aromatic heterocycles. The minimum absolute atomic E-state index is 0.0116. The van der Waals surface area contributed by atoms with E-state index in [2.05, 4.69) is 13.8 Å². The number of ether oxygens (including phenoxy) is 3. The van der Waals surface area contributed by atoms with Gasteiger partial charge in [-0.05, 0) is 56.7 Å². The van der Waals surface area contributed by atoms with E-state index >= 15 is 0 Å². The maximum atomic E-state index is 14.6. The van der Waals surface area contributed by atoms with Crippen molar-refractivity contribution < 1.29 is 33.3 Å². The Bertz CT molecular complexity index is 1150. The van der Waals surface area contributed by atoms with Crippen LogP contribution in [0.1, 0.15) is 65.4 Å². The lowest BCUT2D eigenvalue weighted by Gasteiger charge is -2.66. The number of furan rings is 1. The fourth-order valence-electron chi connectivity index (χ4n) is 9.80. The summed E-state index contributed by atoms with van der Waals surface area (Å²) >= 11 is 0. The third-order valence-electron chi connectivity index (χ3n) is 11.1. The van der Waals surface area contributed by atoms with Crippen LogP contribution < -0.4 is 0 Å². The zero-order valence-corrected chi connectivity index (χ0v) is 21.6. The number of ketones is 2. The molecule has 0 radical (unpaired) electrons. The third-order valence-corrected chi connectivity index (χ3v) is 11.1. The first kappa shape index (κ1) is 23.4. The van der Waals surface area contributed by atoms with Crippen LogP contribution in [0.3, 0.4) is 0 Å². The fourth-order valence-corrected chi connectivity index (χ4v) is 9.80. The molecule has 0 bridgehead atoms. The summed E-state index contributed by atoms with van der Waals surface area (Å²) in [4.78, 5) is 27.9. The number of aliphatic hydroxyl groups is 1. The van der Waals surface area contributed by atoms with Crippen LogP contribution in [0, 0.1) is 27.6 Å². The molecule has 4 aliphatic carbocycles. The van der Waals surface area contributed by atoms with E-state index in [0.29, 0.717) is 12.0 Å². The Morgan fingerprint density at radius 2 is 1.83 bits per heavy atom. The van der Waals surface area contributed by atoms with Crippen molar-refractivity contribution in [1.29, 1.82) is 0 Å². The Morgan fingerprint density at radius 1 is 1.11 bits per heavy atom. The lowest BCUT2D eigenvalue weighted by Crippen LogP contribution is -2.73. The van der Waals surface area contributed by atoms with E-state index in [1.54, 1.807) is 19.6 Å². The van der Waals surface area contributed by atoms with Crippen molar-refractivity contribution >= 4 is 11.6 Å². The van der Waals surface area contributed by atoms with E-state index in [9.17, 15) is 14.7 Å². The highest BCUT2D eigenvalue weighted by atomic mass is 16.6. The van der Waals surface area contributed by atoms with Crippen LogP contribution in [0.25, 0.3) is 0 Å². The van der Waals surface area contributed by atoms with Crippen molar-refractivity contribution in [2.45, 2.75) is 83.7 Å². The summed E-state index contributed by atoms with van der Waals surface area (Å²) in [5.41, 5.74) is -2.25. The molecule has 1 saturated heterocycles. The van der Waals surface area contributed by atoms with Gasteiger partial charge in [0.15, 0.2) is 5.76 Å². The number of aliphatic hydroxyl groups excluding tert-OH is 1. The second-order valence-corrected chi connectivity index (χ2v) is 12.6. The minimum atomic E-state index is -1.06. The molecule has 1 aromatic rings. The number of methoxy groups -OCH3 is 2. The molecular formula is C28H36O7. The van der Waals surface area contributed by atoms with Gasteiger partial charge in [-0.3, -0.25) is 9.59 Å². The van der Waals surface area contributed by atoms with E-state index in [0.717, 1.165) is 12.0 Å². The van der Waals surface area contributed by atoms with Crippen molar-refractivity contribution in [3.63, 3.8) is 0 Å². The topological polar surface area (TPSA) is 98.5 Å². The SMILES string of the molecule is COC1=C2C(C)(C)C(=O)CC(OC)[C@]2(C)[C@H]2[C@H](O)C[C@@]3(C)[C@H](c4ccoc4)C[C@H]4O[C@]43[C@]2(C)C1=O. The van der Waals surface area contributed by atoms with Gasteiger partial charge in [0.2, 0.25) is 5.78 Å². The highest BCUT2D eigenvalue weighted by molar-refractivity contribution is 6.04. The van der Waals surface area contributed by atoms with Gasteiger partial charge in [-0.1, -0.05) is 13.8 Å². The maximum absolute atomic E-state index is 14.6. The first-order valence-electron chi connectivity index (χ1n) is 12.7. The van der Waals surface area contributed by atoms with Gasteiger partial charge in [0.1, 0.15) is 11.4 Å². The normalized spacial score (nSPS) is 49.8. The number of Topliss-reactive ketones (excluding diaryl/α,β-unsaturated/α-hetero) is 2. The first-order chi connectivity index (χ1) is 16.4. The average molecular weight is 485 g/mol. The molecule has 9 atom stereocenters. The van der Waals surface area contributed by atoms with Crippen molar-refractivity contribution in [3.8, 4) is 0 Å². The monoisotopic (exact) mass is 484 g/mol. The molecule has 1 N–H and O–H groups in total. The minimum Gasteiger partial charge on any atom is -0.493 e. The summed E-state index contributed by atoms with van der Waals surface area (Å²) in [6.07, 6.45) is 3.55. The molecule has 0 aromatic carbocycles. The number of fused-ring (bicyclic) bond motifs is 3. The summed E-state index contributed by atoms with van der Waals surface area (Å²) in [5.74, 6) is -0.312. The van der Waals surface area contributed by atoms with E-state index in [1.165, 1.54) is 7.11 Å². The summed E-state index contributed by atoms with van der Waals surface area (Å²) < 4.78 is 23.8. The highest BCUT2D eigenvalue weighted by Gasteiger charge is 2.89. The molecular weight excluding hydrogens is 448 g/mol. The molecule has 5 aliphatic rings. The van der Waals surface area contributed by atoms with Gasteiger partial charge in [-0.2, -0.15) is 0 Å². The standard InChI is InChI=1S/C28H36O7/c1-24(2)17(30)11-18(32-6)26(4)21-16(29)12-25(3)15(14-8-9-34-13-14)10-19-28(25,35-19)27(21,5)23(31)20(33-7)22(24)26/h8-9,13,15-16,18-19,21,29H,10-12H2,1-7H3/t15-,16+,18?,19+,21+,25-,26+,27-,28+/m0/s1. The van der Waals surface area contributed by atoms with Crippen LogP contribution in [0.2, 0.25) is 0 Å². The fraction of sp³-hybridized carbons (Fsp3) is 0.714. The molecule has 7 heteroatoms. The molecule has 7 nitrogen and oxygen atoms in total. The molecule has 1 spiro atoms. The van der Waals surface area contributed by atoms with Crippen LogP contribution in [-0.2, 0) is 23.8 Å². The van der Waals surface area contributed by atoms with E-state index in [4.69, 9.17) is 18.6 Å². The van der Waals surface area contributed by atoms with Crippen LogP contribution in [-0.4, -0.2) is 54.8 Å². The second-order valence-electron chi connectivity index (χ2n) is 12.6. The van der Waals surface area contributed by atoms with E-state index in [-0.39, 0.29) is 35.8 Å². The Balaban J connectivity index is 1.62. The molecule has 1 aliphatic heterocycles.